The highest BCUT2D eigenvalue weighted by Crippen LogP contribution is 2.22. The highest BCUT2D eigenvalue weighted by molar-refractivity contribution is 5.28. The molecule has 0 saturated carbocycles. The maximum absolute atomic E-state index is 5.36. The van der Waals surface area contributed by atoms with E-state index in [2.05, 4.69) is 45.0 Å². The predicted molar refractivity (Wildman–Crippen MR) is 57.7 cm³/mol. The van der Waals surface area contributed by atoms with Crippen molar-refractivity contribution in [3.8, 4) is 0 Å². The molecule has 0 spiro atoms. The second-order valence-corrected chi connectivity index (χ2v) is 4.39. The quantitative estimate of drug-likeness (QED) is 0.642. The molecule has 0 aliphatic carbocycles. The fourth-order valence-corrected chi connectivity index (χ4v) is 1.28. The Labute approximate surface area is 81.3 Å². The minimum atomic E-state index is 0.241. The van der Waals surface area contributed by atoms with Gasteiger partial charge >= 0.3 is 0 Å². The third-order valence-corrected chi connectivity index (χ3v) is 2.17. The molecule has 0 atom stereocenters. The summed E-state index contributed by atoms with van der Waals surface area (Å²) < 4.78 is 0. The molecule has 69 valence electrons. The largest absolute Gasteiger partial charge is 0.0801 e. The van der Waals surface area contributed by atoms with Crippen molar-refractivity contribution < 1.29 is 0 Å². The minimum Gasteiger partial charge on any atom is -0.0801 e. The molecule has 0 bridgehead atoms. The van der Waals surface area contributed by atoms with Crippen LogP contribution in [0.15, 0.2) is 30.3 Å². The average Bonchev–Trinajstić information content (AvgIpc) is 2.04. The first-order valence-electron chi connectivity index (χ1n) is 4.67. The van der Waals surface area contributed by atoms with Crippen LogP contribution in [-0.2, 0) is 11.8 Å². The van der Waals surface area contributed by atoms with Crippen molar-refractivity contribution in [2.75, 3.05) is 0 Å². The van der Waals surface area contributed by atoms with Gasteiger partial charge in [0.05, 0.1) is 0 Å². The van der Waals surface area contributed by atoms with E-state index in [-0.39, 0.29) is 5.41 Å². The van der Waals surface area contributed by atoms with Gasteiger partial charge in [-0.05, 0) is 23.0 Å². The fraction of sp³-hybridized carbons (Fsp3) is 0.385. The van der Waals surface area contributed by atoms with Gasteiger partial charge in [-0.25, -0.2) is 0 Å². The molecule has 0 N–H and O–H groups in total. The Morgan fingerprint density at radius 3 is 2.08 bits per heavy atom. The summed E-state index contributed by atoms with van der Waals surface area (Å²) in [7, 11) is 0. The van der Waals surface area contributed by atoms with E-state index in [1.165, 1.54) is 11.1 Å². The molecule has 0 heteroatoms. The molecule has 1 rings (SSSR count). The number of hydrogen-bond acceptors (Lipinski definition) is 0. The molecular weight excluding hydrogens is 156 g/mol. The molecule has 0 saturated heterocycles. The molecule has 0 amide bonds. The molecule has 1 aromatic carbocycles. The van der Waals surface area contributed by atoms with Gasteiger partial charge in [-0.2, -0.15) is 0 Å². The summed E-state index contributed by atoms with van der Waals surface area (Å²) in [6.45, 7) is 12.0. The lowest BCUT2D eigenvalue weighted by Gasteiger charge is -2.18. The summed E-state index contributed by atoms with van der Waals surface area (Å²) in [6.07, 6.45) is 2.54. The molecule has 1 radical (unpaired) electrons. The van der Waals surface area contributed by atoms with Crippen LogP contribution in [0.5, 0.6) is 0 Å². The van der Waals surface area contributed by atoms with Gasteiger partial charge in [0.2, 0.25) is 0 Å². The second kappa shape index (κ2) is 3.78. The van der Waals surface area contributed by atoms with Crippen molar-refractivity contribution in [2.45, 2.75) is 32.6 Å². The van der Waals surface area contributed by atoms with Gasteiger partial charge in [0.25, 0.3) is 0 Å². The first-order valence-corrected chi connectivity index (χ1v) is 4.67. The van der Waals surface area contributed by atoms with Gasteiger partial charge in [0, 0.05) is 0 Å². The lowest BCUT2D eigenvalue weighted by atomic mass is 9.86. The Balaban J connectivity index is 2.87. The molecule has 0 heterocycles. The lowest BCUT2D eigenvalue weighted by molar-refractivity contribution is 0.590. The monoisotopic (exact) mass is 173 g/mol. The molecule has 0 unspecified atom stereocenters. The topological polar surface area (TPSA) is 0 Å². The number of rotatable bonds is 2. The van der Waals surface area contributed by atoms with Crippen LogP contribution in [0.2, 0.25) is 0 Å². The van der Waals surface area contributed by atoms with E-state index in [1.54, 1.807) is 6.08 Å². The summed E-state index contributed by atoms with van der Waals surface area (Å²) in [5, 5.41) is 0. The summed E-state index contributed by atoms with van der Waals surface area (Å²) in [4.78, 5) is 0. The summed E-state index contributed by atoms with van der Waals surface area (Å²) in [6, 6.07) is 8.64. The van der Waals surface area contributed by atoms with E-state index >= 15 is 0 Å². The number of allylic oxidation sites excluding steroid dienone is 1. The standard InChI is InChI=1S/C13H17/c1-5-6-11-7-9-12(10-8-11)13(2,3)4/h1,5,7-10H,6H2,2-4H3. The van der Waals surface area contributed by atoms with Crippen molar-refractivity contribution in [1.82, 2.24) is 0 Å². The lowest BCUT2D eigenvalue weighted by Crippen LogP contribution is -2.10. The molecule has 1 aromatic rings. The third-order valence-electron chi connectivity index (χ3n) is 2.17. The number of benzene rings is 1. The fourth-order valence-electron chi connectivity index (χ4n) is 1.28. The molecule has 0 aromatic heterocycles. The van der Waals surface area contributed by atoms with Crippen LogP contribution >= 0.6 is 0 Å². The van der Waals surface area contributed by atoms with Gasteiger partial charge in [0.1, 0.15) is 0 Å². The third kappa shape index (κ3) is 2.73. The Morgan fingerprint density at radius 2 is 1.69 bits per heavy atom. The van der Waals surface area contributed by atoms with Crippen molar-refractivity contribution >= 4 is 0 Å². The van der Waals surface area contributed by atoms with Crippen LogP contribution in [0.4, 0.5) is 0 Å². The molecule has 13 heavy (non-hydrogen) atoms. The van der Waals surface area contributed by atoms with Crippen LogP contribution in [0, 0.1) is 6.58 Å². The number of hydrogen-bond donors (Lipinski definition) is 0. The zero-order valence-corrected chi connectivity index (χ0v) is 8.67. The van der Waals surface area contributed by atoms with Gasteiger partial charge in [-0.1, -0.05) is 57.7 Å². The smallest absolute Gasteiger partial charge is 0.00943 e. The van der Waals surface area contributed by atoms with E-state index in [0.29, 0.717) is 0 Å². The molecular formula is C13H17. The van der Waals surface area contributed by atoms with E-state index in [0.717, 1.165) is 6.42 Å². The van der Waals surface area contributed by atoms with Gasteiger partial charge < -0.3 is 0 Å². The summed E-state index contributed by atoms with van der Waals surface area (Å²) >= 11 is 0. The zero-order chi connectivity index (χ0) is 9.90. The zero-order valence-electron chi connectivity index (χ0n) is 8.67. The van der Waals surface area contributed by atoms with Gasteiger partial charge in [-0.15, -0.1) is 0 Å². The van der Waals surface area contributed by atoms with E-state index in [4.69, 9.17) is 6.58 Å². The minimum absolute atomic E-state index is 0.241. The average molecular weight is 173 g/mol. The molecule has 0 aliphatic heterocycles. The molecule has 0 nitrogen and oxygen atoms in total. The maximum Gasteiger partial charge on any atom is -0.00943 e. The van der Waals surface area contributed by atoms with Crippen molar-refractivity contribution in [2.24, 2.45) is 0 Å². The Hall–Kier alpha value is -1.04. The highest BCUT2D eigenvalue weighted by Gasteiger charge is 2.12. The maximum atomic E-state index is 5.36. The summed E-state index contributed by atoms with van der Waals surface area (Å²) in [5.41, 5.74) is 2.88. The van der Waals surface area contributed by atoms with Gasteiger partial charge in [0.15, 0.2) is 0 Å². The molecule has 0 fully saturated rings. The highest BCUT2D eigenvalue weighted by atomic mass is 14.2. The Bertz CT molecular complexity index is 272. The second-order valence-electron chi connectivity index (χ2n) is 4.39. The Morgan fingerprint density at radius 1 is 1.15 bits per heavy atom. The van der Waals surface area contributed by atoms with Gasteiger partial charge in [-0.3, -0.25) is 0 Å². The SMILES string of the molecule is [CH]=CCc1ccc(C(C)(C)C)cc1. The summed E-state index contributed by atoms with van der Waals surface area (Å²) in [5.74, 6) is 0. The first kappa shape index (κ1) is 10.0. The van der Waals surface area contributed by atoms with E-state index in [1.807, 2.05) is 0 Å². The van der Waals surface area contributed by atoms with Crippen LogP contribution in [-0.4, -0.2) is 0 Å². The van der Waals surface area contributed by atoms with Crippen molar-refractivity contribution in [3.05, 3.63) is 48.0 Å². The van der Waals surface area contributed by atoms with Crippen LogP contribution in [0.3, 0.4) is 0 Å². The van der Waals surface area contributed by atoms with E-state index in [9.17, 15) is 0 Å². The van der Waals surface area contributed by atoms with Crippen molar-refractivity contribution in [3.63, 3.8) is 0 Å². The predicted octanol–water partition coefficient (Wildman–Crippen LogP) is 3.52. The van der Waals surface area contributed by atoms with Crippen LogP contribution in [0.1, 0.15) is 31.9 Å². The normalized spacial score (nSPS) is 11.3. The van der Waals surface area contributed by atoms with Crippen molar-refractivity contribution in [1.29, 1.82) is 0 Å². The molecule has 0 aliphatic rings. The van der Waals surface area contributed by atoms with Crippen LogP contribution in [0.25, 0.3) is 0 Å². The first-order chi connectivity index (χ1) is 6.04. The van der Waals surface area contributed by atoms with E-state index < -0.39 is 0 Å². The van der Waals surface area contributed by atoms with Crippen LogP contribution < -0.4 is 0 Å². The Kier molecular flexibility index (Phi) is 2.92.